The Hall–Kier alpha value is -0.628. The van der Waals surface area contributed by atoms with Crippen LogP contribution in [0.5, 0.6) is 0 Å². The van der Waals surface area contributed by atoms with E-state index in [0.717, 1.165) is 27.7 Å². The molecule has 0 aromatic rings. The van der Waals surface area contributed by atoms with E-state index in [0.29, 0.717) is 0 Å². The van der Waals surface area contributed by atoms with Crippen LogP contribution in [0, 0.1) is 0 Å². The van der Waals surface area contributed by atoms with Crippen molar-refractivity contribution in [2.45, 2.75) is 27.7 Å². The first-order valence-electron chi connectivity index (χ1n) is 3.63. The Morgan fingerprint density at radius 3 is 0.526 bits per heavy atom. The van der Waals surface area contributed by atoms with Crippen LogP contribution < -0.4 is 20.4 Å². The summed E-state index contributed by atoms with van der Waals surface area (Å²) in [6, 6.07) is 0. The third kappa shape index (κ3) is 10400. The van der Waals surface area contributed by atoms with Crippen molar-refractivity contribution in [1.29, 1.82) is 0 Å². The Labute approximate surface area is 142 Å². The van der Waals surface area contributed by atoms with E-state index >= 15 is 0 Å². The fourth-order valence-electron chi connectivity index (χ4n) is 0. The standard InChI is InChI=1S/4C2H4O2.2Mg.H2O/c4*1-2(3)4;;;/h4*1H3,(H,3,4);;;1H2/q;;;;2*+2;/p-4. The molecule has 0 heterocycles. The molecule has 19 heavy (non-hydrogen) atoms. The second kappa shape index (κ2) is 36.0. The van der Waals surface area contributed by atoms with Gasteiger partial charge in [-0.2, -0.15) is 0 Å². The molecule has 0 atom stereocenters. The molecule has 104 valence electrons. The molecule has 0 radical (unpaired) electrons. The zero-order chi connectivity index (χ0) is 14.3. The molecule has 0 bridgehead atoms. The van der Waals surface area contributed by atoms with Gasteiger partial charge in [-0.3, -0.25) is 0 Å². The molecule has 0 unspecified atom stereocenters. The quantitative estimate of drug-likeness (QED) is 0.394. The summed E-state index contributed by atoms with van der Waals surface area (Å²) in [5.41, 5.74) is 0. The summed E-state index contributed by atoms with van der Waals surface area (Å²) in [5.74, 6) is -4.33. The normalized spacial score (nSPS) is 5.26. The summed E-state index contributed by atoms with van der Waals surface area (Å²) < 4.78 is 0. The zero-order valence-corrected chi connectivity index (χ0v) is 14.0. The maximum atomic E-state index is 8.89. The molecule has 0 aliphatic rings. The Bertz CT molecular complexity index is 166. The van der Waals surface area contributed by atoms with E-state index in [1.54, 1.807) is 0 Å². The largest absolute Gasteiger partial charge is 2.00 e. The second-order valence-corrected chi connectivity index (χ2v) is 1.97. The van der Waals surface area contributed by atoms with Gasteiger partial charge < -0.3 is 45.1 Å². The van der Waals surface area contributed by atoms with Crippen LogP contribution in [0.4, 0.5) is 0 Å². The molecular formula is C8H14Mg2O9. The number of carbonyl (C=O) groups excluding carboxylic acids is 4. The van der Waals surface area contributed by atoms with Gasteiger partial charge >= 0.3 is 46.1 Å². The van der Waals surface area contributed by atoms with E-state index in [1.807, 2.05) is 0 Å². The molecule has 0 aromatic heterocycles. The molecule has 0 aromatic carbocycles. The average molecular weight is 303 g/mol. The zero-order valence-electron chi connectivity index (χ0n) is 11.2. The van der Waals surface area contributed by atoms with Crippen LogP contribution in [0.2, 0.25) is 0 Å². The first-order chi connectivity index (χ1) is 6.93. The summed E-state index contributed by atoms with van der Waals surface area (Å²) in [7, 11) is 0. The maximum absolute atomic E-state index is 8.89. The SMILES string of the molecule is CC(=O)[O-].CC(=O)[O-].CC(=O)[O-].CC(=O)[O-].O.[Mg+2].[Mg+2]. The Morgan fingerprint density at radius 2 is 0.526 bits per heavy atom. The maximum Gasteiger partial charge on any atom is 2.00 e. The van der Waals surface area contributed by atoms with Crippen molar-refractivity contribution in [3.05, 3.63) is 0 Å². The number of aliphatic carboxylic acids is 4. The van der Waals surface area contributed by atoms with Gasteiger partial charge in [-0.1, -0.05) is 0 Å². The van der Waals surface area contributed by atoms with Crippen LogP contribution in [-0.4, -0.2) is 75.5 Å². The van der Waals surface area contributed by atoms with Gasteiger partial charge in [-0.05, 0) is 27.7 Å². The summed E-state index contributed by atoms with van der Waals surface area (Å²) in [4.78, 5) is 35.6. The van der Waals surface area contributed by atoms with E-state index in [2.05, 4.69) is 0 Å². The molecule has 0 saturated heterocycles. The van der Waals surface area contributed by atoms with Crippen LogP contribution in [0.3, 0.4) is 0 Å². The van der Waals surface area contributed by atoms with Crippen LogP contribution in [0.1, 0.15) is 27.7 Å². The van der Waals surface area contributed by atoms with Crippen molar-refractivity contribution in [2.75, 3.05) is 0 Å². The van der Waals surface area contributed by atoms with Crippen molar-refractivity contribution in [1.82, 2.24) is 0 Å². The van der Waals surface area contributed by atoms with Gasteiger partial charge in [0.15, 0.2) is 0 Å². The Kier molecular flexibility index (Phi) is 81.2. The smallest absolute Gasteiger partial charge is 0.550 e. The Morgan fingerprint density at radius 1 is 0.526 bits per heavy atom. The summed E-state index contributed by atoms with van der Waals surface area (Å²) in [5, 5.41) is 35.6. The van der Waals surface area contributed by atoms with Gasteiger partial charge in [0, 0.05) is 23.9 Å². The van der Waals surface area contributed by atoms with E-state index in [4.69, 9.17) is 39.6 Å². The van der Waals surface area contributed by atoms with Gasteiger partial charge in [0.2, 0.25) is 0 Å². The number of carboxylic acids is 4. The fourth-order valence-corrected chi connectivity index (χ4v) is 0. The molecule has 0 spiro atoms. The van der Waals surface area contributed by atoms with Gasteiger partial charge in [0.05, 0.1) is 0 Å². The molecular weight excluding hydrogens is 289 g/mol. The number of rotatable bonds is 0. The van der Waals surface area contributed by atoms with Gasteiger partial charge in [-0.25, -0.2) is 0 Å². The van der Waals surface area contributed by atoms with Gasteiger partial charge in [-0.15, -0.1) is 0 Å². The van der Waals surface area contributed by atoms with E-state index in [9.17, 15) is 0 Å². The first kappa shape index (κ1) is 42.9. The number of carbonyl (C=O) groups is 4. The molecule has 0 saturated carbocycles. The predicted octanol–water partition coefficient (Wildman–Crippen LogP) is -6.56. The number of hydrogen-bond donors (Lipinski definition) is 0. The molecule has 9 nitrogen and oxygen atoms in total. The van der Waals surface area contributed by atoms with E-state index in [1.165, 1.54) is 0 Å². The molecule has 0 fully saturated rings. The Balaban J connectivity index is -0.0000000192. The van der Waals surface area contributed by atoms with Crippen molar-refractivity contribution in [3.63, 3.8) is 0 Å². The van der Waals surface area contributed by atoms with Crippen LogP contribution in [0.15, 0.2) is 0 Å². The van der Waals surface area contributed by atoms with Crippen molar-refractivity contribution in [3.8, 4) is 0 Å². The molecule has 11 heteroatoms. The third-order valence-electron chi connectivity index (χ3n) is 0. The summed E-state index contributed by atoms with van der Waals surface area (Å²) in [6.45, 7) is 3.89. The topological polar surface area (TPSA) is 192 Å². The first-order valence-corrected chi connectivity index (χ1v) is 3.63. The van der Waals surface area contributed by atoms with Gasteiger partial charge in [0.1, 0.15) is 0 Å². The molecule has 2 N–H and O–H groups in total. The molecule has 0 aliphatic carbocycles. The van der Waals surface area contributed by atoms with Crippen LogP contribution in [0.25, 0.3) is 0 Å². The monoisotopic (exact) mass is 302 g/mol. The predicted molar refractivity (Wildman–Crippen MR) is 57.8 cm³/mol. The van der Waals surface area contributed by atoms with Gasteiger partial charge in [0.25, 0.3) is 0 Å². The second-order valence-electron chi connectivity index (χ2n) is 1.97. The minimum Gasteiger partial charge on any atom is -0.550 e. The number of hydrogen-bond acceptors (Lipinski definition) is 8. The summed E-state index contributed by atoms with van der Waals surface area (Å²) >= 11 is 0. The van der Waals surface area contributed by atoms with Crippen molar-refractivity contribution in [2.24, 2.45) is 0 Å². The van der Waals surface area contributed by atoms with Crippen molar-refractivity contribution < 1.29 is 45.1 Å². The van der Waals surface area contributed by atoms with E-state index < -0.39 is 23.9 Å². The molecule has 0 aliphatic heterocycles. The van der Waals surface area contributed by atoms with Crippen LogP contribution >= 0.6 is 0 Å². The van der Waals surface area contributed by atoms with E-state index in [-0.39, 0.29) is 51.6 Å². The van der Waals surface area contributed by atoms with Crippen molar-refractivity contribution >= 4 is 70.0 Å². The number of carboxylic acid groups (broad SMARTS) is 4. The van der Waals surface area contributed by atoms with Crippen LogP contribution in [-0.2, 0) is 19.2 Å². The minimum absolute atomic E-state index is 0. The molecule has 0 rings (SSSR count). The third-order valence-corrected chi connectivity index (χ3v) is 0. The fraction of sp³-hybridized carbons (Fsp3) is 0.500. The average Bonchev–Trinajstić information content (AvgIpc) is 1.76. The minimum atomic E-state index is -1.08. The molecule has 0 amide bonds. The summed E-state index contributed by atoms with van der Waals surface area (Å²) in [6.07, 6.45) is 0.